The third kappa shape index (κ3) is 9.65. The minimum Gasteiger partial charge on any atom is -0.449 e. The van der Waals surface area contributed by atoms with Gasteiger partial charge in [0.25, 0.3) is 0 Å². The molecule has 3 unspecified atom stereocenters. The van der Waals surface area contributed by atoms with E-state index in [4.69, 9.17) is 19.9 Å². The van der Waals surface area contributed by atoms with E-state index >= 15 is 0 Å². The Bertz CT molecular complexity index is 1420. The first-order valence-electron chi connectivity index (χ1n) is 16.1. The van der Waals surface area contributed by atoms with Crippen molar-refractivity contribution >= 4 is 29.8 Å². The van der Waals surface area contributed by atoms with Crippen molar-refractivity contribution < 1.29 is 33.4 Å². The van der Waals surface area contributed by atoms with E-state index in [0.717, 1.165) is 35.1 Å². The molecule has 4 N–H and O–H groups in total. The highest BCUT2D eigenvalue weighted by Crippen LogP contribution is 2.44. The lowest BCUT2D eigenvalue weighted by atomic mass is 9.98. The molecule has 3 atom stereocenters. The van der Waals surface area contributed by atoms with Gasteiger partial charge in [-0.1, -0.05) is 67.6 Å². The summed E-state index contributed by atoms with van der Waals surface area (Å²) in [5, 5.41) is 5.61. The third-order valence-corrected chi connectivity index (χ3v) is 8.25. The predicted octanol–water partition coefficient (Wildman–Crippen LogP) is 4.62. The summed E-state index contributed by atoms with van der Waals surface area (Å²) in [4.78, 5) is 55.0. The molecule has 0 saturated carbocycles. The third-order valence-electron chi connectivity index (χ3n) is 8.25. The van der Waals surface area contributed by atoms with E-state index in [9.17, 15) is 19.2 Å². The van der Waals surface area contributed by atoms with E-state index in [-0.39, 0.29) is 30.9 Å². The number of piperidine rings is 1. The monoisotopic (exact) mass is 647 g/mol. The normalized spacial score (nSPS) is 18.0. The molecule has 1 saturated heterocycles. The second-order valence-corrected chi connectivity index (χ2v) is 11.8. The summed E-state index contributed by atoms with van der Waals surface area (Å²) in [7, 11) is 0. The zero-order chi connectivity index (χ0) is 33.8. The van der Waals surface area contributed by atoms with Crippen LogP contribution in [0.15, 0.2) is 66.2 Å². The van der Waals surface area contributed by atoms with Crippen LogP contribution < -0.4 is 16.4 Å². The maximum atomic E-state index is 13.3. The van der Waals surface area contributed by atoms with Crippen molar-refractivity contribution in [2.24, 2.45) is 10.7 Å². The second-order valence-electron chi connectivity index (χ2n) is 11.8. The number of ketones is 1. The molecule has 0 spiro atoms. The average Bonchev–Trinajstić information content (AvgIpc) is 3.38. The number of nitrogens with one attached hydrogen (secondary N) is 2. The smallest absolute Gasteiger partial charge is 0.437 e. The Morgan fingerprint density at radius 3 is 2.38 bits per heavy atom. The maximum absolute atomic E-state index is 13.3. The van der Waals surface area contributed by atoms with E-state index in [0.29, 0.717) is 38.8 Å². The number of nitrogens with zero attached hydrogens (tertiary/aromatic N) is 2. The molecule has 252 valence electrons. The molecule has 0 bridgehead atoms. The van der Waals surface area contributed by atoms with Crippen LogP contribution in [0.25, 0.3) is 11.1 Å². The number of rotatable bonds is 14. The lowest BCUT2D eigenvalue weighted by molar-refractivity contribution is -0.128. The Morgan fingerprint density at radius 1 is 1.04 bits per heavy atom. The zero-order valence-corrected chi connectivity index (χ0v) is 27.1. The number of guanidine groups is 1. The summed E-state index contributed by atoms with van der Waals surface area (Å²) < 4.78 is 16.8. The second kappa shape index (κ2) is 17.3. The Morgan fingerprint density at radius 2 is 1.72 bits per heavy atom. The average molecular weight is 648 g/mol. The van der Waals surface area contributed by atoms with Crippen LogP contribution in [0.3, 0.4) is 0 Å². The van der Waals surface area contributed by atoms with Crippen LogP contribution in [0, 0.1) is 0 Å². The number of fused-ring (bicyclic) bond motifs is 3. The highest BCUT2D eigenvalue weighted by Gasteiger charge is 2.36. The fraction of sp³-hybridized carbons (Fsp3) is 0.457. The van der Waals surface area contributed by atoms with Crippen LogP contribution in [-0.4, -0.2) is 79.4 Å². The number of alkyl carbamates (subject to hydrolysis) is 1. The number of likely N-dealkylation sites (tertiary alicyclic amines) is 1. The lowest BCUT2D eigenvalue weighted by Gasteiger charge is -2.41. The largest absolute Gasteiger partial charge is 0.449 e. The van der Waals surface area contributed by atoms with Gasteiger partial charge in [0.2, 0.25) is 11.9 Å². The van der Waals surface area contributed by atoms with E-state index in [1.54, 1.807) is 18.7 Å². The molecule has 12 nitrogen and oxygen atoms in total. The van der Waals surface area contributed by atoms with Crippen molar-refractivity contribution in [3.05, 3.63) is 72.3 Å². The molecule has 1 aliphatic heterocycles. The van der Waals surface area contributed by atoms with Crippen LogP contribution in [-0.2, 0) is 23.8 Å². The summed E-state index contributed by atoms with van der Waals surface area (Å²) in [6.45, 7) is 7.55. The first kappa shape index (κ1) is 35.1. The van der Waals surface area contributed by atoms with Gasteiger partial charge in [-0.15, -0.1) is 4.99 Å². The molecule has 0 radical (unpaired) electrons. The number of amides is 3. The van der Waals surface area contributed by atoms with Gasteiger partial charge in [0, 0.05) is 25.5 Å². The van der Waals surface area contributed by atoms with Gasteiger partial charge in [-0.25, -0.2) is 9.59 Å². The van der Waals surface area contributed by atoms with Crippen molar-refractivity contribution in [3.63, 3.8) is 0 Å². The van der Waals surface area contributed by atoms with Crippen molar-refractivity contribution in [2.45, 2.75) is 76.6 Å². The number of carbonyl (C=O) groups excluding carboxylic acids is 4. The van der Waals surface area contributed by atoms with E-state index in [2.05, 4.69) is 34.3 Å². The van der Waals surface area contributed by atoms with Crippen LogP contribution in [0.1, 0.15) is 69.4 Å². The topological polar surface area (TPSA) is 162 Å². The van der Waals surface area contributed by atoms with Crippen molar-refractivity contribution in [2.75, 3.05) is 26.4 Å². The molecule has 12 heteroatoms. The molecule has 0 aromatic heterocycles. The number of hydrogen-bond acceptors (Lipinski definition) is 7. The molecule has 3 amide bonds. The number of carbonyl (C=O) groups is 4. The number of hydrogen-bond donors (Lipinski definition) is 3. The van der Waals surface area contributed by atoms with Crippen molar-refractivity contribution in [3.8, 4) is 11.1 Å². The molecule has 2 aromatic rings. The molecule has 1 aliphatic carbocycles. The molecular formula is C35H45N5O7. The van der Waals surface area contributed by atoms with E-state index in [1.807, 2.05) is 36.4 Å². The van der Waals surface area contributed by atoms with Crippen LogP contribution >= 0.6 is 0 Å². The minimum atomic E-state index is -0.909. The van der Waals surface area contributed by atoms with Gasteiger partial charge in [-0.3, -0.25) is 4.79 Å². The number of Topliss-reactive ketones (excluding diaryl/α,β-unsaturated/α-hetero) is 1. The molecule has 1 heterocycles. The van der Waals surface area contributed by atoms with Crippen molar-refractivity contribution in [1.82, 2.24) is 15.5 Å². The molecular weight excluding hydrogens is 602 g/mol. The number of benzene rings is 2. The number of aliphatic imine (C=N–C) groups is 1. The number of nitrogens with two attached hydrogens (primary N) is 1. The standard InChI is InChI=1S/C35H45N5O7/c1-4-20-46-35(44)39-33(36)40-19-12-18-30(32(40)45-21-11-5-6-13-23(2)41)38-31(42)24(3)37-34(43)47-22-29-27-16-9-7-14-25(27)26-15-8-10-17-28(26)29/h4,7-10,14-17,24,29-30,32H,1,5-6,11-13,18-22H2,2-3H3,(H,37,43)(H,38,42)(H2,36,39,44). The highest BCUT2D eigenvalue weighted by molar-refractivity contribution is 5.90. The minimum absolute atomic E-state index is 0.0109. The quantitative estimate of drug-likeness (QED) is 0.115. The van der Waals surface area contributed by atoms with Gasteiger partial charge in [-0.2, -0.15) is 0 Å². The Balaban J connectivity index is 1.35. The van der Waals surface area contributed by atoms with E-state index in [1.165, 1.54) is 6.08 Å². The first-order chi connectivity index (χ1) is 22.7. The van der Waals surface area contributed by atoms with Gasteiger partial charge in [0.1, 0.15) is 25.0 Å². The molecule has 4 rings (SSSR count). The summed E-state index contributed by atoms with van der Waals surface area (Å²) in [5.74, 6) is -0.488. The van der Waals surface area contributed by atoms with Crippen LogP contribution in [0.5, 0.6) is 0 Å². The first-order valence-corrected chi connectivity index (χ1v) is 16.1. The predicted molar refractivity (Wildman–Crippen MR) is 178 cm³/mol. The summed E-state index contributed by atoms with van der Waals surface area (Å²) in [6, 6.07) is 14.7. The summed E-state index contributed by atoms with van der Waals surface area (Å²) >= 11 is 0. The van der Waals surface area contributed by atoms with Crippen LogP contribution in [0.4, 0.5) is 9.59 Å². The number of unbranched alkanes of at least 4 members (excludes halogenated alkanes) is 2. The molecule has 47 heavy (non-hydrogen) atoms. The van der Waals surface area contributed by atoms with Gasteiger partial charge >= 0.3 is 12.2 Å². The van der Waals surface area contributed by atoms with Gasteiger partial charge in [0.05, 0.1) is 6.04 Å². The highest BCUT2D eigenvalue weighted by atomic mass is 16.6. The number of ether oxygens (including phenoxy) is 3. The van der Waals surface area contributed by atoms with Gasteiger partial charge in [0.15, 0.2) is 6.23 Å². The molecule has 2 aromatic carbocycles. The zero-order valence-electron chi connectivity index (χ0n) is 27.1. The van der Waals surface area contributed by atoms with Crippen LogP contribution in [0.2, 0.25) is 0 Å². The lowest BCUT2D eigenvalue weighted by Crippen LogP contribution is -2.61. The van der Waals surface area contributed by atoms with Gasteiger partial charge in [-0.05, 0) is 61.8 Å². The van der Waals surface area contributed by atoms with Gasteiger partial charge < -0.3 is 40.3 Å². The maximum Gasteiger partial charge on any atom is 0.437 e. The summed E-state index contributed by atoms with van der Waals surface area (Å²) in [5.41, 5.74) is 10.6. The Kier molecular flexibility index (Phi) is 12.9. The fourth-order valence-corrected chi connectivity index (χ4v) is 5.93. The van der Waals surface area contributed by atoms with E-state index < -0.39 is 36.4 Å². The Labute approximate surface area is 275 Å². The fourth-order valence-electron chi connectivity index (χ4n) is 5.93. The molecule has 1 fully saturated rings. The Hall–Kier alpha value is -4.71. The molecule has 2 aliphatic rings. The SMILES string of the molecule is C=CCOC(=O)/N=C(/N)N1CCCC(NC(=O)C(C)NC(=O)OCC2c3ccccc3-c3ccccc32)C1OCCCCCC(C)=O. The van der Waals surface area contributed by atoms with Crippen molar-refractivity contribution in [1.29, 1.82) is 0 Å². The summed E-state index contributed by atoms with van der Waals surface area (Å²) in [6.07, 6.45) is 3.09.